The van der Waals surface area contributed by atoms with Crippen LogP contribution in [0.2, 0.25) is 5.02 Å². The topological polar surface area (TPSA) is 115 Å². The van der Waals surface area contributed by atoms with Gasteiger partial charge in [-0.3, -0.25) is 14.9 Å². The van der Waals surface area contributed by atoms with Crippen LogP contribution in [0.25, 0.3) is 0 Å². The Morgan fingerprint density at radius 1 is 1.30 bits per heavy atom. The van der Waals surface area contributed by atoms with E-state index in [0.717, 1.165) is 6.07 Å². The molecule has 0 fully saturated rings. The van der Waals surface area contributed by atoms with Gasteiger partial charge in [0.05, 0.1) is 21.1 Å². The summed E-state index contributed by atoms with van der Waals surface area (Å²) in [6, 6.07) is 4.23. The summed E-state index contributed by atoms with van der Waals surface area (Å²) in [4.78, 5) is 39.4. The van der Waals surface area contributed by atoms with E-state index in [-0.39, 0.29) is 22.8 Å². The third-order valence-electron chi connectivity index (χ3n) is 3.65. The Labute approximate surface area is 172 Å². The van der Waals surface area contributed by atoms with Crippen LogP contribution in [0.3, 0.4) is 0 Å². The van der Waals surface area contributed by atoms with E-state index in [4.69, 9.17) is 16.3 Å². The second-order valence-corrected chi connectivity index (χ2v) is 6.44. The standard InChI is InChI=1S/C17H14ClF3N4O5/c1-24(2)12-4-3-9(5-13(12)25(28)29)16(27)30-8-14(26)23-15-11(18)6-10(7-22-15)17(19,20)21/h3-7H,8H2,1-2H3,(H,22,23,26). The monoisotopic (exact) mass is 446 g/mol. The van der Waals surface area contributed by atoms with Crippen LogP contribution in [0, 0.1) is 10.1 Å². The lowest BCUT2D eigenvalue weighted by molar-refractivity contribution is -0.384. The summed E-state index contributed by atoms with van der Waals surface area (Å²) in [5.41, 5.74) is -1.33. The van der Waals surface area contributed by atoms with Crippen LogP contribution in [0.4, 0.5) is 30.4 Å². The molecule has 1 heterocycles. The molecule has 0 aliphatic carbocycles. The molecule has 1 amide bonds. The minimum atomic E-state index is -4.65. The summed E-state index contributed by atoms with van der Waals surface area (Å²) in [7, 11) is 3.18. The van der Waals surface area contributed by atoms with Gasteiger partial charge < -0.3 is 15.0 Å². The molecule has 160 valence electrons. The van der Waals surface area contributed by atoms with E-state index in [0.29, 0.717) is 12.3 Å². The van der Waals surface area contributed by atoms with Gasteiger partial charge in [0.25, 0.3) is 11.6 Å². The lowest BCUT2D eigenvalue weighted by atomic mass is 10.1. The van der Waals surface area contributed by atoms with E-state index in [1.165, 1.54) is 17.0 Å². The first-order valence-corrected chi connectivity index (χ1v) is 8.43. The summed E-state index contributed by atoms with van der Waals surface area (Å²) >= 11 is 5.67. The second kappa shape index (κ2) is 8.95. The number of hydrogen-bond acceptors (Lipinski definition) is 7. The van der Waals surface area contributed by atoms with E-state index in [9.17, 15) is 32.9 Å². The van der Waals surface area contributed by atoms with Crippen LogP contribution < -0.4 is 10.2 Å². The Morgan fingerprint density at radius 3 is 2.50 bits per heavy atom. The zero-order valence-corrected chi connectivity index (χ0v) is 16.2. The number of nitro benzene ring substituents is 1. The van der Waals surface area contributed by atoms with Crippen LogP contribution in [-0.4, -0.2) is 42.5 Å². The molecule has 2 aromatic rings. The van der Waals surface area contributed by atoms with Crippen molar-refractivity contribution >= 4 is 40.7 Å². The molecule has 0 unspecified atom stereocenters. The van der Waals surface area contributed by atoms with E-state index >= 15 is 0 Å². The predicted octanol–water partition coefficient (Wildman–Crippen LogP) is 3.52. The third-order valence-corrected chi connectivity index (χ3v) is 3.94. The largest absolute Gasteiger partial charge is 0.452 e. The number of alkyl halides is 3. The fourth-order valence-corrected chi connectivity index (χ4v) is 2.46. The average molecular weight is 447 g/mol. The molecule has 1 aromatic carbocycles. The zero-order valence-electron chi connectivity index (χ0n) is 15.5. The van der Waals surface area contributed by atoms with E-state index in [1.54, 1.807) is 14.1 Å². The number of nitro groups is 1. The number of pyridine rings is 1. The van der Waals surface area contributed by atoms with E-state index in [1.807, 2.05) is 0 Å². The summed E-state index contributed by atoms with van der Waals surface area (Å²) in [5.74, 6) is -2.28. The first-order valence-electron chi connectivity index (χ1n) is 8.05. The van der Waals surface area contributed by atoms with Gasteiger partial charge in [0.1, 0.15) is 5.69 Å². The highest BCUT2D eigenvalue weighted by molar-refractivity contribution is 6.33. The van der Waals surface area contributed by atoms with Gasteiger partial charge in [-0.25, -0.2) is 9.78 Å². The second-order valence-electron chi connectivity index (χ2n) is 6.03. The Bertz CT molecular complexity index is 998. The number of ether oxygens (including phenoxy) is 1. The molecule has 13 heteroatoms. The highest BCUT2D eigenvalue weighted by Gasteiger charge is 2.31. The number of benzene rings is 1. The van der Waals surface area contributed by atoms with Crippen LogP contribution in [0.1, 0.15) is 15.9 Å². The van der Waals surface area contributed by atoms with Crippen molar-refractivity contribution in [2.45, 2.75) is 6.18 Å². The highest BCUT2D eigenvalue weighted by atomic mass is 35.5. The average Bonchev–Trinajstić information content (AvgIpc) is 2.66. The SMILES string of the molecule is CN(C)c1ccc(C(=O)OCC(=O)Nc2ncc(C(F)(F)F)cc2Cl)cc1[N+](=O)[O-]. The van der Waals surface area contributed by atoms with Crippen LogP contribution >= 0.6 is 11.6 Å². The fourth-order valence-electron chi connectivity index (χ4n) is 2.24. The minimum Gasteiger partial charge on any atom is -0.452 e. The van der Waals surface area contributed by atoms with E-state index < -0.39 is 40.2 Å². The van der Waals surface area contributed by atoms with Crippen molar-refractivity contribution < 1.29 is 32.4 Å². The number of rotatable bonds is 6. The molecule has 0 aliphatic heterocycles. The van der Waals surface area contributed by atoms with Crippen molar-refractivity contribution in [3.8, 4) is 0 Å². The molecule has 0 saturated heterocycles. The molecule has 2 rings (SSSR count). The number of carbonyl (C=O) groups is 2. The molecule has 0 saturated carbocycles. The molecule has 9 nitrogen and oxygen atoms in total. The summed E-state index contributed by atoms with van der Waals surface area (Å²) in [6.45, 7) is -0.818. The molecule has 0 bridgehead atoms. The lowest BCUT2D eigenvalue weighted by Gasteiger charge is -2.13. The molecule has 0 spiro atoms. The van der Waals surface area contributed by atoms with Crippen molar-refractivity contribution in [2.24, 2.45) is 0 Å². The molecule has 0 aliphatic rings. The van der Waals surface area contributed by atoms with Crippen LogP contribution in [0.5, 0.6) is 0 Å². The number of esters is 1. The molecule has 1 aromatic heterocycles. The number of carbonyl (C=O) groups excluding carboxylic acids is 2. The van der Waals surface area contributed by atoms with Crippen molar-refractivity contribution in [3.05, 3.63) is 56.7 Å². The quantitative estimate of drug-likeness (QED) is 0.410. The van der Waals surface area contributed by atoms with Gasteiger partial charge in [-0.1, -0.05) is 11.6 Å². The molecule has 0 radical (unpaired) electrons. The first kappa shape index (κ1) is 22.9. The molecule has 1 N–H and O–H groups in total. The molecule has 30 heavy (non-hydrogen) atoms. The molecular weight excluding hydrogens is 433 g/mol. The van der Waals surface area contributed by atoms with E-state index in [2.05, 4.69) is 10.3 Å². The normalized spacial score (nSPS) is 11.0. The number of anilines is 2. The predicted molar refractivity (Wildman–Crippen MR) is 101 cm³/mol. The number of hydrogen-bond donors (Lipinski definition) is 1. The van der Waals surface area contributed by atoms with Crippen LogP contribution in [0.15, 0.2) is 30.5 Å². The maximum Gasteiger partial charge on any atom is 0.417 e. The lowest BCUT2D eigenvalue weighted by Crippen LogP contribution is -2.22. The van der Waals surface area contributed by atoms with Gasteiger partial charge in [-0.2, -0.15) is 13.2 Å². The van der Waals surface area contributed by atoms with Gasteiger partial charge in [0.15, 0.2) is 12.4 Å². The van der Waals surface area contributed by atoms with Crippen molar-refractivity contribution in [1.82, 2.24) is 4.98 Å². The van der Waals surface area contributed by atoms with Gasteiger partial charge >= 0.3 is 12.1 Å². The number of nitrogens with one attached hydrogen (secondary N) is 1. The van der Waals surface area contributed by atoms with Gasteiger partial charge in [-0.15, -0.1) is 0 Å². The maximum absolute atomic E-state index is 12.6. The highest BCUT2D eigenvalue weighted by Crippen LogP contribution is 2.32. The Balaban J connectivity index is 2.04. The third kappa shape index (κ3) is 5.56. The number of amides is 1. The summed E-state index contributed by atoms with van der Waals surface area (Å²) in [5, 5.41) is 12.8. The van der Waals surface area contributed by atoms with Gasteiger partial charge in [-0.05, 0) is 18.2 Å². The minimum absolute atomic E-state index is 0.161. The summed E-state index contributed by atoms with van der Waals surface area (Å²) < 4.78 is 42.6. The Hall–Kier alpha value is -3.41. The van der Waals surface area contributed by atoms with Crippen molar-refractivity contribution in [3.63, 3.8) is 0 Å². The Morgan fingerprint density at radius 2 is 1.97 bits per heavy atom. The first-order chi connectivity index (χ1) is 13.9. The number of nitrogens with zero attached hydrogens (tertiary/aromatic N) is 3. The van der Waals surface area contributed by atoms with Crippen LogP contribution in [-0.2, 0) is 15.7 Å². The smallest absolute Gasteiger partial charge is 0.417 e. The number of aromatic nitrogens is 1. The van der Waals surface area contributed by atoms with Crippen molar-refractivity contribution in [1.29, 1.82) is 0 Å². The zero-order chi connectivity index (χ0) is 22.6. The maximum atomic E-state index is 12.6. The van der Waals surface area contributed by atoms with Crippen molar-refractivity contribution in [2.75, 3.05) is 30.9 Å². The fraction of sp³-hybridized carbons (Fsp3) is 0.235. The summed E-state index contributed by atoms with van der Waals surface area (Å²) in [6.07, 6.45) is -4.17. The Kier molecular flexibility index (Phi) is 6.82. The molecular formula is C17H14ClF3N4O5. The molecule has 0 atom stereocenters. The number of halogens is 4. The van der Waals surface area contributed by atoms with Gasteiger partial charge in [0.2, 0.25) is 0 Å². The van der Waals surface area contributed by atoms with Gasteiger partial charge in [0, 0.05) is 26.4 Å².